The van der Waals surface area contributed by atoms with Crippen molar-refractivity contribution >= 4 is 11.6 Å². The van der Waals surface area contributed by atoms with Gasteiger partial charge >= 0.3 is 0 Å². The lowest BCUT2D eigenvalue weighted by Crippen LogP contribution is -2.15. The molecule has 4 heteroatoms. The highest BCUT2D eigenvalue weighted by molar-refractivity contribution is 6.06. The maximum Gasteiger partial charge on any atom is 0.269 e. The predicted octanol–water partition coefficient (Wildman–Crippen LogP) is 3.03. The quantitative estimate of drug-likeness (QED) is 0.496. The Kier molecular flexibility index (Phi) is 3.30. The first-order chi connectivity index (χ1) is 8.96. The topological polar surface area (TPSA) is 73.1 Å². The van der Waals surface area contributed by atoms with Gasteiger partial charge in [-0.05, 0) is 42.9 Å². The molecule has 0 heterocycles. The first-order valence-corrected chi connectivity index (χ1v) is 6.18. The van der Waals surface area contributed by atoms with E-state index < -0.39 is 5.91 Å². The average Bonchev–Trinajstić information content (AvgIpc) is 3.09. The SMILES string of the molecule is CC(O)=C(C#N)C(=O)Nc1ccc(C2(C)CC2)cc1. The molecule has 1 amide bonds. The molecule has 1 aromatic rings. The van der Waals surface area contributed by atoms with Crippen LogP contribution in [0.1, 0.15) is 32.3 Å². The van der Waals surface area contributed by atoms with Gasteiger partial charge in [0.15, 0.2) is 5.57 Å². The second-order valence-electron chi connectivity index (χ2n) is 5.16. The Hall–Kier alpha value is -2.28. The molecule has 1 fully saturated rings. The molecule has 0 unspecified atom stereocenters. The molecule has 0 radical (unpaired) electrons. The molecule has 1 aliphatic rings. The number of aliphatic hydroxyl groups excluding tert-OH is 1. The third kappa shape index (κ3) is 2.76. The second kappa shape index (κ2) is 4.77. The first-order valence-electron chi connectivity index (χ1n) is 6.18. The van der Waals surface area contributed by atoms with Crippen LogP contribution in [0.25, 0.3) is 0 Å². The van der Waals surface area contributed by atoms with E-state index in [9.17, 15) is 9.90 Å². The first kappa shape index (κ1) is 13.2. The number of nitrogens with zero attached hydrogens (tertiary/aromatic N) is 1. The predicted molar refractivity (Wildman–Crippen MR) is 72.6 cm³/mol. The van der Waals surface area contributed by atoms with Crippen LogP contribution < -0.4 is 5.32 Å². The molecule has 0 saturated heterocycles. The number of rotatable bonds is 3. The number of amides is 1. The van der Waals surface area contributed by atoms with Gasteiger partial charge in [-0.15, -0.1) is 0 Å². The summed E-state index contributed by atoms with van der Waals surface area (Å²) in [5, 5.41) is 20.6. The summed E-state index contributed by atoms with van der Waals surface area (Å²) in [4.78, 5) is 11.7. The number of nitriles is 1. The highest BCUT2D eigenvalue weighted by Gasteiger charge is 2.38. The number of nitrogens with one attached hydrogen (secondary N) is 1. The lowest BCUT2D eigenvalue weighted by Gasteiger charge is -2.10. The molecule has 4 nitrogen and oxygen atoms in total. The van der Waals surface area contributed by atoms with Crippen molar-refractivity contribution in [3.05, 3.63) is 41.2 Å². The van der Waals surface area contributed by atoms with Crippen molar-refractivity contribution < 1.29 is 9.90 Å². The molecular weight excluding hydrogens is 240 g/mol. The van der Waals surface area contributed by atoms with Crippen LogP contribution in [0.4, 0.5) is 5.69 Å². The van der Waals surface area contributed by atoms with Crippen LogP contribution in [0.5, 0.6) is 0 Å². The summed E-state index contributed by atoms with van der Waals surface area (Å²) in [7, 11) is 0. The van der Waals surface area contributed by atoms with E-state index in [2.05, 4.69) is 12.2 Å². The van der Waals surface area contributed by atoms with Crippen LogP contribution in [-0.2, 0) is 10.2 Å². The summed E-state index contributed by atoms with van der Waals surface area (Å²) >= 11 is 0. The number of carbonyl (C=O) groups is 1. The number of benzene rings is 1. The van der Waals surface area contributed by atoms with Gasteiger partial charge in [0.1, 0.15) is 11.8 Å². The Morgan fingerprint density at radius 3 is 2.37 bits per heavy atom. The molecule has 0 aliphatic heterocycles. The fourth-order valence-electron chi connectivity index (χ4n) is 1.92. The van der Waals surface area contributed by atoms with Gasteiger partial charge in [-0.1, -0.05) is 19.1 Å². The van der Waals surface area contributed by atoms with Crippen LogP contribution >= 0.6 is 0 Å². The lowest BCUT2D eigenvalue weighted by molar-refractivity contribution is -0.112. The summed E-state index contributed by atoms with van der Waals surface area (Å²) in [5.74, 6) is -0.866. The number of anilines is 1. The minimum Gasteiger partial charge on any atom is -0.511 e. The van der Waals surface area contributed by atoms with E-state index in [1.807, 2.05) is 24.3 Å². The van der Waals surface area contributed by atoms with Crippen molar-refractivity contribution in [1.29, 1.82) is 5.26 Å². The van der Waals surface area contributed by atoms with Crippen LogP contribution in [-0.4, -0.2) is 11.0 Å². The van der Waals surface area contributed by atoms with Crippen LogP contribution in [0.2, 0.25) is 0 Å². The molecule has 1 aromatic carbocycles. The van der Waals surface area contributed by atoms with Gasteiger partial charge in [0.2, 0.25) is 0 Å². The zero-order valence-electron chi connectivity index (χ0n) is 11.0. The normalized spacial score (nSPS) is 17.1. The van der Waals surface area contributed by atoms with E-state index >= 15 is 0 Å². The molecule has 2 N–H and O–H groups in total. The Labute approximate surface area is 112 Å². The van der Waals surface area contributed by atoms with Crippen LogP contribution in [0, 0.1) is 11.3 Å². The summed E-state index contributed by atoms with van der Waals surface area (Å²) in [5.41, 5.74) is 1.91. The second-order valence-corrected chi connectivity index (χ2v) is 5.16. The molecular formula is C15H16N2O2. The zero-order valence-corrected chi connectivity index (χ0v) is 11.0. The van der Waals surface area contributed by atoms with Crippen molar-refractivity contribution in [2.24, 2.45) is 0 Å². The molecule has 98 valence electrons. The molecule has 0 atom stereocenters. The Morgan fingerprint density at radius 2 is 1.95 bits per heavy atom. The molecule has 0 aromatic heterocycles. The Morgan fingerprint density at radius 1 is 1.37 bits per heavy atom. The highest BCUT2D eigenvalue weighted by Crippen LogP contribution is 2.47. The molecule has 2 rings (SSSR count). The molecule has 0 bridgehead atoms. The van der Waals surface area contributed by atoms with Gasteiger partial charge in [0.25, 0.3) is 5.91 Å². The van der Waals surface area contributed by atoms with E-state index in [-0.39, 0.29) is 11.3 Å². The fourth-order valence-corrected chi connectivity index (χ4v) is 1.92. The molecule has 1 saturated carbocycles. The lowest BCUT2D eigenvalue weighted by atomic mass is 9.98. The summed E-state index contributed by atoms with van der Waals surface area (Å²) < 4.78 is 0. The zero-order chi connectivity index (χ0) is 14.0. The van der Waals surface area contributed by atoms with Crippen LogP contribution in [0.15, 0.2) is 35.6 Å². The number of aliphatic hydroxyl groups is 1. The van der Waals surface area contributed by atoms with Gasteiger partial charge in [0, 0.05) is 5.69 Å². The average molecular weight is 256 g/mol. The van der Waals surface area contributed by atoms with Gasteiger partial charge in [-0.25, -0.2) is 0 Å². The number of carbonyl (C=O) groups excluding carboxylic acids is 1. The largest absolute Gasteiger partial charge is 0.511 e. The van der Waals surface area contributed by atoms with E-state index in [1.165, 1.54) is 25.3 Å². The summed E-state index contributed by atoms with van der Waals surface area (Å²) in [6, 6.07) is 9.30. The van der Waals surface area contributed by atoms with Gasteiger partial charge in [-0.3, -0.25) is 4.79 Å². The smallest absolute Gasteiger partial charge is 0.269 e. The molecule has 19 heavy (non-hydrogen) atoms. The maximum atomic E-state index is 11.7. The van der Waals surface area contributed by atoms with Gasteiger partial charge in [-0.2, -0.15) is 5.26 Å². The number of allylic oxidation sites excluding steroid dienone is 1. The van der Waals surface area contributed by atoms with E-state index in [1.54, 1.807) is 6.07 Å². The van der Waals surface area contributed by atoms with E-state index in [0.29, 0.717) is 11.1 Å². The van der Waals surface area contributed by atoms with E-state index in [0.717, 1.165) is 0 Å². The number of hydrogen-bond acceptors (Lipinski definition) is 3. The van der Waals surface area contributed by atoms with Gasteiger partial charge in [0.05, 0.1) is 0 Å². The monoisotopic (exact) mass is 256 g/mol. The van der Waals surface area contributed by atoms with Crippen molar-refractivity contribution in [2.45, 2.75) is 32.1 Å². The van der Waals surface area contributed by atoms with Gasteiger partial charge < -0.3 is 10.4 Å². The van der Waals surface area contributed by atoms with Crippen molar-refractivity contribution in [1.82, 2.24) is 0 Å². The number of hydrogen-bond donors (Lipinski definition) is 2. The maximum absolute atomic E-state index is 11.7. The van der Waals surface area contributed by atoms with E-state index in [4.69, 9.17) is 5.26 Å². The van der Waals surface area contributed by atoms with Crippen LogP contribution in [0.3, 0.4) is 0 Å². The standard InChI is InChI=1S/C15H16N2O2/c1-10(18)13(9-16)14(19)17-12-5-3-11(4-6-12)15(2)7-8-15/h3-6,18H,7-8H2,1-2H3,(H,17,19). The Bertz CT molecular complexity index is 571. The summed E-state index contributed by atoms with van der Waals surface area (Å²) in [6.07, 6.45) is 2.40. The third-order valence-corrected chi connectivity index (χ3v) is 3.54. The minimum atomic E-state index is -0.590. The molecule has 0 spiro atoms. The summed E-state index contributed by atoms with van der Waals surface area (Å²) in [6.45, 7) is 3.53. The highest BCUT2D eigenvalue weighted by atomic mass is 16.3. The third-order valence-electron chi connectivity index (χ3n) is 3.54. The Balaban J connectivity index is 2.10. The van der Waals surface area contributed by atoms with Crippen molar-refractivity contribution in [3.63, 3.8) is 0 Å². The molecule has 1 aliphatic carbocycles. The van der Waals surface area contributed by atoms with Crippen molar-refractivity contribution in [2.75, 3.05) is 5.32 Å². The minimum absolute atomic E-state index is 0.266. The fraction of sp³-hybridized carbons (Fsp3) is 0.333. The van der Waals surface area contributed by atoms with Crippen molar-refractivity contribution in [3.8, 4) is 6.07 Å².